The van der Waals surface area contributed by atoms with Crippen LogP contribution >= 0.6 is 22.9 Å². The largest absolute Gasteiger partial charge is 0.333 e. The van der Waals surface area contributed by atoms with Gasteiger partial charge in [-0.15, -0.1) is 11.3 Å². The second-order valence-corrected chi connectivity index (χ2v) is 9.52. The molecule has 1 aliphatic rings. The van der Waals surface area contributed by atoms with E-state index in [1.54, 1.807) is 6.20 Å². The van der Waals surface area contributed by atoms with Crippen LogP contribution in [0.3, 0.4) is 0 Å². The van der Waals surface area contributed by atoms with Gasteiger partial charge in [0.05, 0.1) is 16.6 Å². The van der Waals surface area contributed by atoms with Gasteiger partial charge in [0, 0.05) is 35.3 Å². The summed E-state index contributed by atoms with van der Waals surface area (Å²) < 4.78 is 2.55. The van der Waals surface area contributed by atoms with Crippen molar-refractivity contribution in [2.24, 2.45) is 0 Å². The van der Waals surface area contributed by atoms with Crippen LogP contribution in [-0.4, -0.2) is 32.1 Å². The first kappa shape index (κ1) is 20.7. The zero-order valence-electron chi connectivity index (χ0n) is 17.5. The number of halogens is 1. The molecule has 4 aromatic rings. The van der Waals surface area contributed by atoms with Crippen LogP contribution in [0.4, 0.5) is 0 Å². The molecule has 0 saturated carbocycles. The highest BCUT2D eigenvalue weighted by atomic mass is 35.5. The number of aromatic nitrogens is 3. The molecule has 5 rings (SSSR count). The van der Waals surface area contributed by atoms with E-state index in [1.165, 1.54) is 23.0 Å². The number of nitrogens with zero attached hydrogens (tertiary/aromatic N) is 4. The molecule has 4 heterocycles. The zero-order valence-corrected chi connectivity index (χ0v) is 19.1. The average Bonchev–Trinajstić information content (AvgIpc) is 3.40. The number of aryl methyl sites for hydroxylation is 1. The Morgan fingerprint density at radius 3 is 2.78 bits per heavy atom. The molecule has 160 valence electrons. The van der Waals surface area contributed by atoms with E-state index < -0.39 is 0 Å². The second kappa shape index (κ2) is 8.37. The Morgan fingerprint density at radius 2 is 2.00 bits per heavy atom. The highest BCUT2D eigenvalue weighted by molar-refractivity contribution is 7.16. The Hall–Kier alpha value is -3.22. The Balaban J connectivity index is 1.62. The molecule has 0 radical (unpaired) electrons. The van der Waals surface area contributed by atoms with Crippen molar-refractivity contribution in [2.45, 2.75) is 19.4 Å². The molecule has 3 aromatic heterocycles. The van der Waals surface area contributed by atoms with Crippen molar-refractivity contribution in [3.63, 3.8) is 0 Å². The summed E-state index contributed by atoms with van der Waals surface area (Å²) in [7, 11) is 0. The lowest BCUT2D eigenvalue weighted by Gasteiger charge is -2.33. The molecule has 5 nitrogen and oxygen atoms in total. The third kappa shape index (κ3) is 3.66. The summed E-state index contributed by atoms with van der Waals surface area (Å²) in [6, 6.07) is 16.1. The monoisotopic (exact) mass is 460 g/mol. The van der Waals surface area contributed by atoms with E-state index >= 15 is 0 Å². The van der Waals surface area contributed by atoms with Gasteiger partial charge in [-0.2, -0.15) is 5.10 Å². The van der Waals surface area contributed by atoms with E-state index in [-0.39, 0.29) is 11.8 Å². The third-order valence-electron chi connectivity index (χ3n) is 5.82. The lowest BCUT2D eigenvalue weighted by atomic mass is 9.84. The number of benzene rings is 1. The van der Waals surface area contributed by atoms with Crippen molar-refractivity contribution in [1.82, 2.24) is 19.7 Å². The molecular weight excluding hydrogens is 440 g/mol. The number of carbonyl (C=O) groups is 1. The van der Waals surface area contributed by atoms with E-state index in [9.17, 15) is 4.79 Å². The summed E-state index contributed by atoms with van der Waals surface area (Å²) in [6.07, 6.45) is 5.16. The van der Waals surface area contributed by atoms with Gasteiger partial charge in [0.1, 0.15) is 0 Å². The predicted octanol–water partition coefficient (Wildman–Crippen LogP) is 5.62. The molecule has 0 saturated heterocycles. The van der Waals surface area contributed by atoms with Crippen molar-refractivity contribution >= 4 is 28.8 Å². The first-order valence-electron chi connectivity index (χ1n) is 10.3. The van der Waals surface area contributed by atoms with Gasteiger partial charge >= 0.3 is 0 Å². The normalized spacial score (nSPS) is 15.4. The van der Waals surface area contributed by atoms with E-state index in [0.29, 0.717) is 13.1 Å². The van der Waals surface area contributed by atoms with Crippen LogP contribution in [0.2, 0.25) is 4.34 Å². The highest BCUT2D eigenvalue weighted by Crippen LogP contribution is 2.43. The van der Waals surface area contributed by atoms with E-state index in [1.807, 2.05) is 59.1 Å². The topological polar surface area (TPSA) is 51.0 Å². The van der Waals surface area contributed by atoms with Crippen molar-refractivity contribution in [3.8, 4) is 16.9 Å². The first-order valence-corrected chi connectivity index (χ1v) is 11.5. The van der Waals surface area contributed by atoms with Crippen molar-refractivity contribution in [2.75, 3.05) is 6.54 Å². The molecule has 1 aliphatic heterocycles. The number of thiophene rings is 1. The number of hydrogen-bond acceptors (Lipinski definition) is 4. The maximum Gasteiger partial charge on any atom is 0.246 e. The SMILES string of the molecule is C=CC(=O)N1Cc2sc(Cl)cc2[C@H](c2ccccc2-c2cn(-c3ccccn3)nc2C)C1. The molecule has 0 fully saturated rings. The van der Waals surface area contributed by atoms with Crippen molar-refractivity contribution in [3.05, 3.63) is 99.6 Å². The van der Waals surface area contributed by atoms with Gasteiger partial charge in [-0.3, -0.25) is 4.79 Å². The molecule has 1 aromatic carbocycles. The molecule has 0 aliphatic carbocycles. The molecule has 32 heavy (non-hydrogen) atoms. The molecule has 0 spiro atoms. The molecule has 1 atom stereocenters. The summed E-state index contributed by atoms with van der Waals surface area (Å²) >= 11 is 7.93. The lowest BCUT2D eigenvalue weighted by Crippen LogP contribution is -2.37. The summed E-state index contributed by atoms with van der Waals surface area (Å²) in [6.45, 7) is 6.82. The molecule has 7 heteroatoms. The van der Waals surface area contributed by atoms with E-state index in [2.05, 4.69) is 23.7 Å². The van der Waals surface area contributed by atoms with E-state index in [4.69, 9.17) is 16.7 Å². The van der Waals surface area contributed by atoms with E-state index in [0.717, 1.165) is 37.4 Å². The molecule has 0 unspecified atom stereocenters. The van der Waals surface area contributed by atoms with Gasteiger partial charge in [-0.25, -0.2) is 9.67 Å². The van der Waals surface area contributed by atoms with Gasteiger partial charge in [0.25, 0.3) is 0 Å². The number of hydrogen-bond donors (Lipinski definition) is 0. The minimum absolute atomic E-state index is 0.0141. The first-order chi connectivity index (χ1) is 15.5. The minimum Gasteiger partial charge on any atom is -0.333 e. The van der Waals surface area contributed by atoms with Crippen LogP contribution in [0.15, 0.2) is 73.6 Å². The number of fused-ring (bicyclic) bond motifs is 1. The Labute approximate surface area is 195 Å². The Kier molecular flexibility index (Phi) is 5.41. The summed E-state index contributed by atoms with van der Waals surface area (Å²) in [5, 5.41) is 4.71. The average molecular weight is 461 g/mol. The molecular formula is C25H21ClN4OS. The minimum atomic E-state index is -0.0678. The summed E-state index contributed by atoms with van der Waals surface area (Å²) in [4.78, 5) is 19.9. The summed E-state index contributed by atoms with van der Waals surface area (Å²) in [5.74, 6) is 0.716. The van der Waals surface area contributed by atoms with Gasteiger partial charge in [-0.05, 0) is 47.9 Å². The smallest absolute Gasteiger partial charge is 0.246 e. The van der Waals surface area contributed by atoms with Crippen LogP contribution in [0.1, 0.15) is 27.6 Å². The van der Waals surface area contributed by atoms with Crippen molar-refractivity contribution in [1.29, 1.82) is 0 Å². The fourth-order valence-electron chi connectivity index (χ4n) is 4.32. The number of pyridine rings is 1. The Bertz CT molecular complexity index is 1310. The van der Waals surface area contributed by atoms with Crippen LogP contribution in [0, 0.1) is 6.92 Å². The maximum atomic E-state index is 12.5. The number of rotatable bonds is 4. The Morgan fingerprint density at radius 1 is 1.19 bits per heavy atom. The molecule has 1 amide bonds. The lowest BCUT2D eigenvalue weighted by molar-refractivity contribution is -0.127. The quantitative estimate of drug-likeness (QED) is 0.371. The zero-order chi connectivity index (χ0) is 22.2. The fourth-order valence-corrected chi connectivity index (χ4v) is 5.68. The van der Waals surface area contributed by atoms with Gasteiger partial charge in [-0.1, -0.05) is 48.5 Å². The van der Waals surface area contributed by atoms with Crippen LogP contribution in [0.5, 0.6) is 0 Å². The van der Waals surface area contributed by atoms with Crippen LogP contribution in [-0.2, 0) is 11.3 Å². The van der Waals surface area contributed by atoms with Crippen molar-refractivity contribution < 1.29 is 4.79 Å². The molecule has 0 bridgehead atoms. The van der Waals surface area contributed by atoms with Gasteiger partial charge in [0.15, 0.2) is 5.82 Å². The maximum absolute atomic E-state index is 12.5. The summed E-state index contributed by atoms with van der Waals surface area (Å²) in [5.41, 5.74) is 5.39. The van der Waals surface area contributed by atoms with Gasteiger partial charge < -0.3 is 4.90 Å². The second-order valence-electron chi connectivity index (χ2n) is 7.75. The fraction of sp³-hybridized carbons (Fsp3) is 0.160. The van der Waals surface area contributed by atoms with Gasteiger partial charge in [0.2, 0.25) is 5.91 Å². The molecule has 0 N–H and O–H groups in total. The predicted molar refractivity (Wildman–Crippen MR) is 128 cm³/mol. The highest BCUT2D eigenvalue weighted by Gasteiger charge is 2.32. The third-order valence-corrected chi connectivity index (χ3v) is 7.08. The van der Waals surface area contributed by atoms with Crippen LogP contribution < -0.4 is 0 Å². The standard InChI is InChI=1S/C25H21ClN4OS/c1-3-25(31)29-13-21(19-12-23(26)32-22(19)15-29)18-9-5-4-8-17(18)20-14-30(28-16(20)2)24-10-6-7-11-27-24/h3-12,14,21H,1,13,15H2,2H3/t21-/m0/s1. The van der Waals surface area contributed by atoms with Crippen LogP contribution in [0.25, 0.3) is 16.9 Å². The number of carbonyl (C=O) groups excluding carboxylic acids is 1. The number of amides is 1.